The second kappa shape index (κ2) is 16.1. The lowest BCUT2D eigenvalue weighted by Gasteiger charge is -2.42. The van der Waals surface area contributed by atoms with Crippen LogP contribution in [0.15, 0.2) is 212 Å². The quantitative estimate of drug-likeness (QED) is 0.157. The Labute approximate surface area is 403 Å². The van der Waals surface area contributed by atoms with Crippen molar-refractivity contribution in [1.82, 2.24) is 0 Å². The first-order valence-corrected chi connectivity index (χ1v) is 25.2. The Morgan fingerprint density at radius 2 is 1.09 bits per heavy atom. The zero-order valence-electron chi connectivity index (χ0n) is 38.6. The molecule has 0 spiro atoms. The van der Waals surface area contributed by atoms with Crippen LogP contribution >= 0.6 is 11.3 Å². The molecule has 0 bridgehead atoms. The summed E-state index contributed by atoms with van der Waals surface area (Å²) in [4.78, 5) is 5.09. The van der Waals surface area contributed by atoms with Crippen LogP contribution in [0.2, 0.25) is 0 Å². The van der Waals surface area contributed by atoms with Gasteiger partial charge in [-0.15, -0.1) is 11.3 Å². The van der Waals surface area contributed by atoms with E-state index < -0.39 is 5.41 Å². The largest absolute Gasteiger partial charge is 0.315 e. The van der Waals surface area contributed by atoms with Crippen molar-refractivity contribution < 1.29 is 0 Å². The van der Waals surface area contributed by atoms with Gasteiger partial charge in [-0.25, -0.2) is 0 Å². The van der Waals surface area contributed by atoms with Crippen molar-refractivity contribution in [2.24, 2.45) is 0 Å². The highest BCUT2D eigenvalue weighted by Crippen LogP contribution is 2.58. The minimum atomic E-state index is -0.477. The molecule has 3 heteroatoms. The normalized spacial score (nSPS) is 16.1. The first-order valence-electron chi connectivity index (χ1n) is 24.4. The summed E-state index contributed by atoms with van der Waals surface area (Å²) in [6.45, 7) is 4.75. The molecule has 0 saturated heterocycles. The van der Waals surface area contributed by atoms with Crippen molar-refractivity contribution in [1.29, 1.82) is 0 Å². The fraction of sp³-hybridized carbons (Fsp3) is 0.138. The molecule has 0 amide bonds. The molecule has 0 unspecified atom stereocenters. The molecule has 3 aliphatic carbocycles. The predicted molar refractivity (Wildman–Crippen MR) is 288 cm³/mol. The standard InChI is InChI=1S/C65H52N2S/c1-64(2)57-32-15-17-34-60(57)67(61-35-18-16-33-58(61)64)50-41-54(63-55(42-50)53-30-13-19-36-62(53)68-63)44-21-20-28-48(38-37-44)66(47-26-10-5-11-27-47)49-39-40-52-51-29-12-14-31-56(51)65(59(52)43-49,45-22-6-3-7-23-45)46-24-8-4-9-25-46/h3-12,14-18,21-36,39-43H,13,19-20,37-38H2,1-2H3. The van der Waals surface area contributed by atoms with Gasteiger partial charge in [0, 0.05) is 42.8 Å². The maximum Gasteiger partial charge on any atom is 0.0714 e. The summed E-state index contributed by atoms with van der Waals surface area (Å²) in [7, 11) is 0. The number of anilines is 5. The lowest BCUT2D eigenvalue weighted by molar-refractivity contribution is 0.632. The van der Waals surface area contributed by atoms with Gasteiger partial charge < -0.3 is 9.80 Å². The predicted octanol–water partition coefficient (Wildman–Crippen LogP) is 16.0. The molecule has 0 saturated carbocycles. The maximum atomic E-state index is 2.55. The first-order chi connectivity index (χ1) is 33.5. The van der Waals surface area contributed by atoms with Crippen LogP contribution in [0.5, 0.6) is 0 Å². The van der Waals surface area contributed by atoms with Gasteiger partial charge in [0.15, 0.2) is 0 Å². The highest BCUT2D eigenvalue weighted by atomic mass is 32.1. The van der Waals surface area contributed by atoms with Gasteiger partial charge in [0.1, 0.15) is 0 Å². The summed E-state index contributed by atoms with van der Waals surface area (Å²) in [6, 6.07) is 72.8. The van der Waals surface area contributed by atoms with E-state index in [4.69, 9.17) is 0 Å². The highest BCUT2D eigenvalue weighted by molar-refractivity contribution is 7.17. The monoisotopic (exact) mass is 892 g/mol. The Bertz CT molecular complexity index is 3540. The molecule has 1 aliphatic heterocycles. The average Bonchev–Trinajstić information content (AvgIpc) is 3.80. The smallest absolute Gasteiger partial charge is 0.0714 e. The second-order valence-electron chi connectivity index (χ2n) is 19.3. The van der Waals surface area contributed by atoms with Crippen LogP contribution in [0.1, 0.15) is 84.9 Å². The molecule has 328 valence electrons. The van der Waals surface area contributed by atoms with Gasteiger partial charge in [-0.3, -0.25) is 0 Å². The lowest BCUT2D eigenvalue weighted by atomic mass is 9.67. The molecule has 9 aromatic rings. The number of nitrogens with zero attached hydrogens (tertiary/aromatic N) is 2. The van der Waals surface area contributed by atoms with Gasteiger partial charge in [0.05, 0.1) is 16.8 Å². The molecule has 0 N–H and O–H groups in total. The minimum absolute atomic E-state index is 0.120. The number of allylic oxidation sites excluding steroid dienone is 4. The van der Waals surface area contributed by atoms with Crippen molar-refractivity contribution in [3.63, 3.8) is 0 Å². The van der Waals surface area contributed by atoms with E-state index in [-0.39, 0.29) is 5.41 Å². The Kier molecular flexibility index (Phi) is 9.66. The number of benzene rings is 8. The third-order valence-electron chi connectivity index (χ3n) is 15.3. The summed E-state index contributed by atoms with van der Waals surface area (Å²) in [5.41, 5.74) is 20.1. The maximum absolute atomic E-state index is 2.55. The van der Waals surface area contributed by atoms with E-state index in [0.717, 1.165) is 32.1 Å². The first kappa shape index (κ1) is 40.8. The van der Waals surface area contributed by atoms with Gasteiger partial charge in [-0.2, -0.15) is 0 Å². The molecule has 68 heavy (non-hydrogen) atoms. The van der Waals surface area contributed by atoms with E-state index in [1.165, 1.54) is 110 Å². The third kappa shape index (κ3) is 6.22. The number of rotatable bonds is 7. The van der Waals surface area contributed by atoms with E-state index >= 15 is 0 Å². The fourth-order valence-electron chi connectivity index (χ4n) is 12.2. The van der Waals surface area contributed by atoms with Gasteiger partial charge in [-0.05, 0) is 141 Å². The molecule has 1 aromatic heterocycles. The topological polar surface area (TPSA) is 6.48 Å². The van der Waals surface area contributed by atoms with E-state index in [1.54, 1.807) is 0 Å². The summed E-state index contributed by atoms with van der Waals surface area (Å²) in [5, 5.41) is 2.78. The van der Waals surface area contributed by atoms with Crippen molar-refractivity contribution in [2.75, 3.05) is 9.80 Å². The Hall–Kier alpha value is -7.46. The highest BCUT2D eigenvalue weighted by Gasteiger charge is 2.46. The van der Waals surface area contributed by atoms with Gasteiger partial charge in [0.2, 0.25) is 0 Å². The van der Waals surface area contributed by atoms with Crippen LogP contribution in [-0.2, 0) is 10.8 Å². The van der Waals surface area contributed by atoms with Crippen LogP contribution in [0.4, 0.5) is 28.4 Å². The zero-order valence-corrected chi connectivity index (χ0v) is 39.4. The molecule has 8 aromatic carbocycles. The molecule has 2 heterocycles. The van der Waals surface area contributed by atoms with E-state index in [1.807, 2.05) is 11.3 Å². The van der Waals surface area contributed by atoms with Crippen molar-refractivity contribution in [2.45, 2.75) is 56.8 Å². The van der Waals surface area contributed by atoms with Crippen LogP contribution in [0.25, 0.3) is 38.9 Å². The van der Waals surface area contributed by atoms with E-state index in [2.05, 4.69) is 242 Å². The Morgan fingerprint density at radius 3 is 1.79 bits per heavy atom. The van der Waals surface area contributed by atoms with Crippen LogP contribution in [0.3, 0.4) is 0 Å². The summed E-state index contributed by atoms with van der Waals surface area (Å²) >= 11 is 1.98. The van der Waals surface area contributed by atoms with Crippen molar-refractivity contribution >= 4 is 67.6 Å². The lowest BCUT2D eigenvalue weighted by Crippen LogP contribution is -2.30. The van der Waals surface area contributed by atoms with Crippen LogP contribution in [-0.4, -0.2) is 0 Å². The third-order valence-corrected chi connectivity index (χ3v) is 16.5. The zero-order chi connectivity index (χ0) is 45.4. The SMILES string of the molecule is CC1(C)c2ccccc2N(c2cc(C3=CCC=C(N(c4ccccc4)c4ccc5c(c4)C(c4ccccc4)(c4ccccc4)c4ccccc4-5)CC3)c3sc4c(c3c2)=CCCC=4)c2ccccc21. The van der Waals surface area contributed by atoms with Crippen LogP contribution < -0.4 is 19.6 Å². The van der Waals surface area contributed by atoms with Gasteiger partial charge in [-0.1, -0.05) is 184 Å². The Balaban J connectivity index is 0.935. The summed E-state index contributed by atoms with van der Waals surface area (Å²) in [6.07, 6.45) is 14.8. The molecular formula is C65H52N2S. The molecule has 0 radical (unpaired) electrons. The van der Waals surface area contributed by atoms with Crippen LogP contribution in [0, 0.1) is 0 Å². The molecule has 4 aliphatic rings. The number of hydrogen-bond acceptors (Lipinski definition) is 3. The van der Waals surface area contributed by atoms with Crippen molar-refractivity contribution in [3.05, 3.63) is 261 Å². The van der Waals surface area contributed by atoms with Gasteiger partial charge >= 0.3 is 0 Å². The number of hydrogen-bond donors (Lipinski definition) is 0. The van der Waals surface area contributed by atoms with Crippen molar-refractivity contribution in [3.8, 4) is 11.1 Å². The second-order valence-corrected chi connectivity index (χ2v) is 20.4. The summed E-state index contributed by atoms with van der Waals surface area (Å²) in [5.74, 6) is 0. The molecule has 2 nitrogen and oxygen atoms in total. The number of para-hydroxylation sites is 3. The number of thiophene rings is 1. The molecule has 0 fully saturated rings. The summed E-state index contributed by atoms with van der Waals surface area (Å²) < 4.78 is 2.81. The Morgan fingerprint density at radius 1 is 0.485 bits per heavy atom. The van der Waals surface area contributed by atoms with E-state index in [0.29, 0.717) is 0 Å². The minimum Gasteiger partial charge on any atom is -0.315 e. The molecule has 13 rings (SSSR count). The average molecular weight is 893 g/mol. The number of fused-ring (bicyclic) bond motifs is 8. The van der Waals surface area contributed by atoms with E-state index in [9.17, 15) is 0 Å². The molecule has 0 atom stereocenters. The molecular weight excluding hydrogens is 841 g/mol. The fourth-order valence-corrected chi connectivity index (χ4v) is 13.5. The van der Waals surface area contributed by atoms with Gasteiger partial charge in [0.25, 0.3) is 0 Å².